The molecule has 2 amide bonds. The zero-order valence-electron chi connectivity index (χ0n) is 13.5. The number of nitrogens with zero attached hydrogens (tertiary/aromatic N) is 1. The maximum atomic E-state index is 13.0. The van der Waals surface area contributed by atoms with Gasteiger partial charge in [-0.05, 0) is 18.9 Å². The molecule has 1 fully saturated rings. The van der Waals surface area contributed by atoms with E-state index in [1.54, 1.807) is 18.2 Å². The summed E-state index contributed by atoms with van der Waals surface area (Å²) in [4.78, 5) is 25.6. The molecule has 0 saturated heterocycles. The minimum absolute atomic E-state index is 0.0633. The number of rotatable bonds is 3. The molecule has 1 heterocycles. The number of fused-ring (bicyclic) bond motifs is 1. The second-order valence-electron chi connectivity index (χ2n) is 6.36. The predicted octanol–water partition coefficient (Wildman–Crippen LogP) is 2.57. The summed E-state index contributed by atoms with van der Waals surface area (Å²) in [5.74, 6) is -1.20. The van der Waals surface area contributed by atoms with Crippen molar-refractivity contribution in [2.75, 3.05) is 13.2 Å². The minimum atomic E-state index is -4.61. The van der Waals surface area contributed by atoms with Gasteiger partial charge in [0.1, 0.15) is 18.3 Å². The fraction of sp³-hybridized carbons (Fsp3) is 0.529. The van der Waals surface area contributed by atoms with Gasteiger partial charge < -0.3 is 15.0 Å². The van der Waals surface area contributed by atoms with Crippen LogP contribution in [0.15, 0.2) is 24.3 Å². The van der Waals surface area contributed by atoms with Crippen LogP contribution < -0.4 is 10.1 Å². The molecule has 1 atom stereocenters. The quantitative estimate of drug-likeness (QED) is 0.906. The van der Waals surface area contributed by atoms with Crippen LogP contribution in [0, 0.1) is 0 Å². The largest absolute Gasteiger partial charge is 0.483 e. The molecule has 136 valence electrons. The molecule has 1 aliphatic heterocycles. The van der Waals surface area contributed by atoms with E-state index in [9.17, 15) is 22.8 Å². The summed E-state index contributed by atoms with van der Waals surface area (Å²) < 4.78 is 44.3. The summed E-state index contributed by atoms with van der Waals surface area (Å²) in [7, 11) is 0. The highest BCUT2D eigenvalue weighted by molar-refractivity contribution is 5.90. The van der Waals surface area contributed by atoms with Crippen molar-refractivity contribution in [2.45, 2.75) is 43.9 Å². The fourth-order valence-electron chi connectivity index (χ4n) is 3.38. The third kappa shape index (κ3) is 4.05. The summed E-state index contributed by atoms with van der Waals surface area (Å²) in [6.45, 7) is -2.02. The van der Waals surface area contributed by atoms with Gasteiger partial charge in [0.25, 0.3) is 5.91 Å². The molecule has 0 spiro atoms. The van der Waals surface area contributed by atoms with Gasteiger partial charge >= 0.3 is 6.18 Å². The summed E-state index contributed by atoms with van der Waals surface area (Å²) >= 11 is 0. The van der Waals surface area contributed by atoms with Crippen molar-refractivity contribution in [3.8, 4) is 5.75 Å². The topological polar surface area (TPSA) is 58.6 Å². The highest BCUT2D eigenvalue weighted by Crippen LogP contribution is 2.35. The van der Waals surface area contributed by atoms with Crippen LogP contribution in [-0.4, -0.2) is 42.1 Å². The van der Waals surface area contributed by atoms with Crippen molar-refractivity contribution in [1.82, 2.24) is 10.2 Å². The molecule has 1 aliphatic carbocycles. The molecule has 25 heavy (non-hydrogen) atoms. The first-order valence-corrected chi connectivity index (χ1v) is 8.23. The normalized spacial score (nSPS) is 21.5. The van der Waals surface area contributed by atoms with E-state index >= 15 is 0 Å². The Morgan fingerprint density at radius 3 is 2.60 bits per heavy atom. The van der Waals surface area contributed by atoms with Crippen LogP contribution in [0.25, 0.3) is 0 Å². The minimum Gasteiger partial charge on any atom is -0.483 e. The first kappa shape index (κ1) is 17.6. The maximum Gasteiger partial charge on any atom is 0.406 e. The van der Waals surface area contributed by atoms with E-state index in [-0.39, 0.29) is 17.4 Å². The maximum absolute atomic E-state index is 13.0. The van der Waals surface area contributed by atoms with Crippen LogP contribution in [-0.2, 0) is 9.59 Å². The van der Waals surface area contributed by atoms with E-state index in [0.29, 0.717) is 4.90 Å². The van der Waals surface area contributed by atoms with Crippen LogP contribution in [0.2, 0.25) is 0 Å². The lowest BCUT2D eigenvalue weighted by atomic mass is 10.0. The molecule has 8 heteroatoms. The Bertz CT molecular complexity index is 657. The zero-order valence-corrected chi connectivity index (χ0v) is 13.5. The number of amides is 2. The molecule has 1 N–H and O–H groups in total. The van der Waals surface area contributed by atoms with E-state index in [1.165, 1.54) is 6.07 Å². The number of para-hydroxylation sites is 1. The Labute approximate surface area is 143 Å². The molecule has 5 nitrogen and oxygen atoms in total. The van der Waals surface area contributed by atoms with Gasteiger partial charge in [0.15, 0.2) is 6.61 Å². The van der Waals surface area contributed by atoms with E-state index in [2.05, 4.69) is 5.32 Å². The molecule has 0 bridgehead atoms. The highest BCUT2D eigenvalue weighted by atomic mass is 19.4. The van der Waals surface area contributed by atoms with Crippen LogP contribution in [0.4, 0.5) is 13.2 Å². The Morgan fingerprint density at radius 1 is 1.24 bits per heavy atom. The standard InChI is InChI=1S/C17H19F3N2O3/c18-17(19,20)10-22-14(23)9-25-13-8-4-3-7-12(13)15(22)16(24)21-11-5-1-2-6-11/h3-4,7-8,11,15H,1-2,5-6,9-10H2,(H,21,24). The van der Waals surface area contributed by atoms with Crippen molar-refractivity contribution >= 4 is 11.8 Å². The molecule has 2 aliphatic rings. The predicted molar refractivity (Wildman–Crippen MR) is 82.8 cm³/mol. The number of nitrogens with one attached hydrogen (secondary N) is 1. The summed E-state index contributed by atoms with van der Waals surface area (Å²) in [5.41, 5.74) is 0.271. The molecule has 1 unspecified atom stereocenters. The number of benzene rings is 1. The van der Waals surface area contributed by atoms with Crippen molar-refractivity contribution in [3.05, 3.63) is 29.8 Å². The molecular weight excluding hydrogens is 337 g/mol. The van der Waals surface area contributed by atoms with Crippen LogP contribution in [0.3, 0.4) is 0 Å². The molecule has 0 radical (unpaired) electrons. The lowest BCUT2D eigenvalue weighted by molar-refractivity contribution is -0.169. The molecule has 3 rings (SSSR count). The zero-order chi connectivity index (χ0) is 18.0. The lowest BCUT2D eigenvalue weighted by Crippen LogP contribution is -2.49. The van der Waals surface area contributed by atoms with Crippen LogP contribution in [0.5, 0.6) is 5.75 Å². The highest BCUT2D eigenvalue weighted by Gasteiger charge is 2.42. The number of hydrogen-bond donors (Lipinski definition) is 1. The van der Waals surface area contributed by atoms with Gasteiger partial charge in [0, 0.05) is 11.6 Å². The van der Waals surface area contributed by atoms with E-state index in [4.69, 9.17) is 4.74 Å². The Balaban J connectivity index is 1.95. The van der Waals surface area contributed by atoms with E-state index in [1.807, 2.05) is 0 Å². The number of carbonyl (C=O) groups is 2. The van der Waals surface area contributed by atoms with Crippen molar-refractivity contribution in [1.29, 1.82) is 0 Å². The van der Waals surface area contributed by atoms with Crippen molar-refractivity contribution in [3.63, 3.8) is 0 Å². The molecule has 1 aromatic rings. The molecular formula is C17H19F3N2O3. The number of halogens is 3. The average molecular weight is 356 g/mol. The SMILES string of the molecule is O=C(NC1CCCC1)C1c2ccccc2OCC(=O)N1CC(F)(F)F. The van der Waals surface area contributed by atoms with Gasteiger partial charge in [-0.25, -0.2) is 0 Å². The van der Waals surface area contributed by atoms with E-state index in [0.717, 1.165) is 25.7 Å². The molecule has 0 aromatic heterocycles. The lowest BCUT2D eigenvalue weighted by Gasteiger charge is -2.30. The number of hydrogen-bond acceptors (Lipinski definition) is 3. The second-order valence-corrected chi connectivity index (χ2v) is 6.36. The van der Waals surface area contributed by atoms with E-state index < -0.39 is 37.2 Å². The van der Waals surface area contributed by atoms with Gasteiger partial charge in [0.05, 0.1) is 0 Å². The third-order valence-electron chi connectivity index (χ3n) is 4.50. The van der Waals surface area contributed by atoms with Gasteiger partial charge in [-0.3, -0.25) is 9.59 Å². The Kier molecular flexibility index (Phi) is 4.87. The van der Waals surface area contributed by atoms with Crippen LogP contribution in [0.1, 0.15) is 37.3 Å². The third-order valence-corrected chi connectivity index (χ3v) is 4.50. The molecule has 1 saturated carbocycles. The summed E-state index contributed by atoms with van der Waals surface area (Å²) in [6.07, 6.45) is -1.07. The Morgan fingerprint density at radius 2 is 1.92 bits per heavy atom. The summed E-state index contributed by atoms with van der Waals surface area (Å²) in [6, 6.07) is 4.92. The smallest absolute Gasteiger partial charge is 0.406 e. The monoisotopic (exact) mass is 356 g/mol. The fourth-order valence-corrected chi connectivity index (χ4v) is 3.38. The Hall–Kier alpha value is -2.25. The van der Waals surface area contributed by atoms with Crippen LogP contribution >= 0.6 is 0 Å². The molecule has 1 aromatic carbocycles. The van der Waals surface area contributed by atoms with Gasteiger partial charge in [-0.15, -0.1) is 0 Å². The van der Waals surface area contributed by atoms with Crippen molar-refractivity contribution in [2.24, 2.45) is 0 Å². The second kappa shape index (κ2) is 6.93. The van der Waals surface area contributed by atoms with Gasteiger partial charge in [0.2, 0.25) is 5.91 Å². The average Bonchev–Trinajstić information content (AvgIpc) is 3.00. The summed E-state index contributed by atoms with van der Waals surface area (Å²) in [5, 5.41) is 2.80. The number of carbonyl (C=O) groups excluding carboxylic acids is 2. The van der Waals surface area contributed by atoms with Gasteiger partial charge in [-0.1, -0.05) is 31.0 Å². The number of ether oxygens (including phenoxy) is 1. The van der Waals surface area contributed by atoms with Crippen molar-refractivity contribution < 1.29 is 27.5 Å². The first-order valence-electron chi connectivity index (χ1n) is 8.23. The number of alkyl halides is 3. The first-order chi connectivity index (χ1) is 11.8. The van der Waals surface area contributed by atoms with Gasteiger partial charge in [-0.2, -0.15) is 13.2 Å².